The number of hydrogen-bond acceptors (Lipinski definition) is 5. The first-order valence-corrected chi connectivity index (χ1v) is 7.47. The van der Waals surface area contributed by atoms with Crippen LogP contribution in [0.5, 0.6) is 0 Å². The third-order valence-corrected chi connectivity index (χ3v) is 3.04. The maximum Gasteiger partial charge on any atom is 0.195 e. The van der Waals surface area contributed by atoms with E-state index in [1.807, 2.05) is 0 Å². The number of halogens is 2. The van der Waals surface area contributed by atoms with Crippen molar-refractivity contribution < 1.29 is 42.6 Å². The molecule has 20 heavy (non-hydrogen) atoms. The number of benzene rings is 1. The zero-order valence-corrected chi connectivity index (χ0v) is 16.3. The van der Waals surface area contributed by atoms with Gasteiger partial charge >= 0.3 is 0 Å². The quantitative estimate of drug-likeness (QED) is 0.257. The zero-order chi connectivity index (χ0) is 14.4. The molecule has 0 spiro atoms. The first kappa shape index (κ1) is 19.9. The second kappa shape index (κ2) is 9.75. The van der Waals surface area contributed by atoms with Gasteiger partial charge in [-0.05, 0) is 6.07 Å². The van der Waals surface area contributed by atoms with E-state index < -0.39 is 15.5 Å². The number of alkyl halides is 2. The van der Waals surface area contributed by atoms with Crippen LogP contribution >= 0.6 is 31.9 Å². The van der Waals surface area contributed by atoms with Crippen LogP contribution in [0.25, 0.3) is 0 Å². The molecule has 0 amide bonds. The van der Waals surface area contributed by atoms with Crippen LogP contribution in [0.3, 0.4) is 0 Å². The van der Waals surface area contributed by atoms with Gasteiger partial charge in [0, 0.05) is 72.0 Å². The normalized spacial score (nSPS) is 9.70. The van der Waals surface area contributed by atoms with Gasteiger partial charge in [-0.3, -0.25) is 20.2 Å². The average Bonchev–Trinajstić information content (AvgIpc) is 2.37. The van der Waals surface area contributed by atoms with E-state index in [0.29, 0.717) is 29.4 Å². The molecule has 0 atom stereocenters. The third-order valence-electron chi connectivity index (χ3n) is 2.34. The van der Waals surface area contributed by atoms with Crippen LogP contribution in [-0.2, 0) is 32.7 Å². The van der Waals surface area contributed by atoms with Crippen molar-refractivity contribution in [2.45, 2.75) is 0 Å². The minimum atomic E-state index is -0.698. The van der Waals surface area contributed by atoms with E-state index in [1.54, 1.807) is 4.90 Å². The molecule has 0 bridgehead atoms. The second-order valence-corrected chi connectivity index (χ2v) is 5.05. The predicted octanol–water partition coefficient (Wildman–Crippen LogP) is 2.90. The Kier molecular flexibility index (Phi) is 9.70. The molecule has 0 aliphatic carbocycles. The topological polar surface area (TPSA) is 89.5 Å². The molecule has 0 saturated carbocycles. The van der Waals surface area contributed by atoms with E-state index in [0.717, 1.165) is 6.07 Å². The monoisotopic (exact) mass is 483 g/mol. The largest absolute Gasteiger partial charge is 0.416 e. The van der Waals surface area contributed by atoms with Crippen molar-refractivity contribution >= 4 is 48.9 Å². The number of non-ortho nitro benzene ring substituents is 1. The van der Waals surface area contributed by atoms with Crippen LogP contribution in [0.2, 0.25) is 0 Å². The first-order valence-electron chi connectivity index (χ1n) is 5.22. The summed E-state index contributed by atoms with van der Waals surface area (Å²) in [5, 5.41) is 22.9. The SMILES string of the molecule is O=[N+]([O-])c1[c-]cc(N(CCBr)CCBr)c([N+](=O)[O-])c1.[Y]. The van der Waals surface area contributed by atoms with Crippen molar-refractivity contribution in [1.82, 2.24) is 0 Å². The van der Waals surface area contributed by atoms with E-state index in [-0.39, 0.29) is 38.4 Å². The summed E-state index contributed by atoms with van der Waals surface area (Å²) in [6.45, 7) is 1.11. The number of nitro benzene ring substituents is 2. The smallest absolute Gasteiger partial charge is 0.195 e. The second-order valence-electron chi connectivity index (χ2n) is 3.47. The molecule has 107 valence electrons. The molecule has 0 unspecified atom stereocenters. The van der Waals surface area contributed by atoms with Gasteiger partial charge in [0.2, 0.25) is 0 Å². The zero-order valence-electron chi connectivity index (χ0n) is 10.3. The number of anilines is 1. The van der Waals surface area contributed by atoms with Crippen molar-refractivity contribution in [2.75, 3.05) is 28.6 Å². The van der Waals surface area contributed by atoms with Crippen molar-refractivity contribution in [3.63, 3.8) is 0 Å². The van der Waals surface area contributed by atoms with Gasteiger partial charge in [-0.2, -0.15) is 0 Å². The van der Waals surface area contributed by atoms with Gasteiger partial charge in [-0.25, -0.2) is 0 Å². The summed E-state index contributed by atoms with van der Waals surface area (Å²) in [7, 11) is 0. The maximum absolute atomic E-state index is 11.0. The Morgan fingerprint density at radius 3 is 2.10 bits per heavy atom. The Balaban J connectivity index is 0.00000361. The van der Waals surface area contributed by atoms with Crippen LogP contribution in [0.15, 0.2) is 12.1 Å². The summed E-state index contributed by atoms with van der Waals surface area (Å²) in [6.07, 6.45) is 0. The number of nitrogens with zero attached hydrogens (tertiary/aromatic N) is 3. The summed E-state index contributed by atoms with van der Waals surface area (Å²) in [5.41, 5.74) is -0.366. The Morgan fingerprint density at radius 1 is 1.15 bits per heavy atom. The Morgan fingerprint density at radius 2 is 1.70 bits per heavy atom. The molecule has 0 heterocycles. The summed E-state index contributed by atoms with van der Waals surface area (Å²) < 4.78 is 0. The molecule has 1 aromatic rings. The third kappa shape index (κ3) is 5.34. The molecule has 7 nitrogen and oxygen atoms in total. The van der Waals surface area contributed by atoms with Crippen molar-refractivity contribution in [3.8, 4) is 0 Å². The van der Waals surface area contributed by atoms with Gasteiger partial charge in [0.25, 0.3) is 0 Å². The van der Waals surface area contributed by atoms with Gasteiger partial charge in [-0.15, -0.1) is 6.07 Å². The van der Waals surface area contributed by atoms with E-state index in [2.05, 4.69) is 37.9 Å². The molecule has 10 heteroatoms. The van der Waals surface area contributed by atoms with Crippen LogP contribution in [-0.4, -0.2) is 33.6 Å². The van der Waals surface area contributed by atoms with E-state index in [1.165, 1.54) is 6.07 Å². The molecule has 0 N–H and O–H groups in total. The van der Waals surface area contributed by atoms with Gasteiger partial charge in [-0.1, -0.05) is 37.9 Å². The van der Waals surface area contributed by atoms with Crippen LogP contribution in [0, 0.1) is 26.3 Å². The first-order chi connectivity index (χ1) is 9.01. The number of nitro groups is 2. The molecule has 0 aliphatic rings. The predicted molar refractivity (Wildman–Crippen MR) is 78.4 cm³/mol. The summed E-state index contributed by atoms with van der Waals surface area (Å²) in [4.78, 5) is 22.1. The standard InChI is InChI=1S/C10H10Br2N3O4.Y/c11-3-5-13(6-4-12)9-2-1-8(14(16)17)7-10(9)15(18)19;/h2,7H,3-6H2;/q-1;. The van der Waals surface area contributed by atoms with Crippen molar-refractivity contribution in [1.29, 1.82) is 0 Å². The molecular weight excluding hydrogens is 475 g/mol. The van der Waals surface area contributed by atoms with Crippen LogP contribution in [0.4, 0.5) is 17.1 Å². The van der Waals surface area contributed by atoms with Gasteiger partial charge in [0.05, 0.1) is 0 Å². The molecule has 0 aliphatic heterocycles. The molecule has 0 fully saturated rings. The Bertz CT molecular complexity index is 484. The fourth-order valence-electron chi connectivity index (χ4n) is 1.52. The number of rotatable bonds is 7. The van der Waals surface area contributed by atoms with Crippen molar-refractivity contribution in [3.05, 3.63) is 38.4 Å². The fourth-order valence-corrected chi connectivity index (χ4v) is 2.38. The van der Waals surface area contributed by atoms with E-state index >= 15 is 0 Å². The fraction of sp³-hybridized carbons (Fsp3) is 0.400. The Hall–Kier alpha value is -0.116. The minimum absolute atomic E-state index is 0. The Labute approximate surface area is 157 Å². The summed E-state index contributed by atoms with van der Waals surface area (Å²) in [6, 6.07) is 4.68. The molecule has 1 radical (unpaired) electrons. The maximum atomic E-state index is 11.0. The average molecular weight is 485 g/mol. The van der Waals surface area contributed by atoms with Gasteiger partial charge in [0.15, 0.2) is 11.4 Å². The number of hydrogen-bond donors (Lipinski definition) is 0. The van der Waals surface area contributed by atoms with E-state index in [9.17, 15) is 20.2 Å². The minimum Gasteiger partial charge on any atom is -0.416 e. The summed E-state index contributed by atoms with van der Waals surface area (Å²) >= 11 is 6.54. The van der Waals surface area contributed by atoms with E-state index in [4.69, 9.17) is 0 Å². The summed E-state index contributed by atoms with van der Waals surface area (Å²) in [5.74, 6) is 0. The molecule has 1 aromatic carbocycles. The molecule has 0 saturated heterocycles. The van der Waals surface area contributed by atoms with Crippen molar-refractivity contribution in [2.24, 2.45) is 0 Å². The molecule has 0 aromatic heterocycles. The molecular formula is C10H10Br2N3O4Y-. The van der Waals surface area contributed by atoms with Crippen LogP contribution in [0.1, 0.15) is 0 Å². The van der Waals surface area contributed by atoms with Gasteiger partial charge in [0.1, 0.15) is 0 Å². The van der Waals surface area contributed by atoms with Gasteiger partial charge < -0.3 is 4.90 Å². The van der Waals surface area contributed by atoms with Crippen LogP contribution < -0.4 is 4.90 Å². The molecule has 1 rings (SSSR count).